The summed E-state index contributed by atoms with van der Waals surface area (Å²) >= 11 is 6.73. The highest BCUT2D eigenvalue weighted by Crippen LogP contribution is 2.48. The van der Waals surface area contributed by atoms with E-state index in [4.69, 9.17) is 11.6 Å². The Morgan fingerprint density at radius 2 is 1.81 bits per heavy atom. The number of piperidine rings is 1. The molecular formula is C32H31ClF2N4O3. The van der Waals surface area contributed by atoms with E-state index in [9.17, 15) is 14.7 Å². The predicted molar refractivity (Wildman–Crippen MR) is 161 cm³/mol. The number of pyridine rings is 2. The number of hydrogen-bond acceptors (Lipinski definition) is 5. The fraction of sp³-hybridized carbons (Fsp3) is 0.344. The zero-order valence-electron chi connectivity index (χ0n) is 24.0. The molecule has 0 radical (unpaired) electrons. The van der Waals surface area contributed by atoms with Crippen LogP contribution in [0.4, 0.5) is 20.2 Å². The van der Waals surface area contributed by atoms with Crippen LogP contribution in [0.5, 0.6) is 5.75 Å². The average molecular weight is 593 g/mol. The quantitative estimate of drug-likeness (QED) is 0.286. The molecule has 0 spiro atoms. The molecule has 1 N–H and O–H groups in total. The molecule has 6 rings (SSSR count). The molecule has 0 aliphatic carbocycles. The Bertz CT molecular complexity index is 1830. The van der Waals surface area contributed by atoms with Crippen molar-refractivity contribution in [3.63, 3.8) is 0 Å². The smallest absolute Gasteiger partial charge is 0.281 e. The summed E-state index contributed by atoms with van der Waals surface area (Å²) in [6.07, 6.45) is 3.06. The van der Waals surface area contributed by atoms with Gasteiger partial charge in [-0.3, -0.25) is 19.1 Å². The molecule has 2 atom stereocenters. The van der Waals surface area contributed by atoms with Gasteiger partial charge in [0.25, 0.3) is 5.56 Å². The van der Waals surface area contributed by atoms with Crippen LogP contribution in [0, 0.1) is 24.5 Å². The van der Waals surface area contributed by atoms with Crippen LogP contribution in [-0.2, 0) is 4.79 Å². The van der Waals surface area contributed by atoms with Gasteiger partial charge in [0.15, 0.2) is 5.82 Å². The van der Waals surface area contributed by atoms with E-state index in [0.717, 1.165) is 12.5 Å². The summed E-state index contributed by atoms with van der Waals surface area (Å²) < 4.78 is 33.6. The van der Waals surface area contributed by atoms with Crippen LogP contribution in [0.25, 0.3) is 27.7 Å². The molecule has 10 heteroatoms. The van der Waals surface area contributed by atoms with Crippen molar-refractivity contribution in [3.8, 4) is 22.6 Å². The first-order chi connectivity index (χ1) is 19.9. The van der Waals surface area contributed by atoms with Crippen LogP contribution in [0.2, 0.25) is 5.02 Å². The zero-order chi connectivity index (χ0) is 30.2. The first-order valence-corrected chi connectivity index (χ1v) is 14.4. The number of phenols is 1. The predicted octanol–water partition coefficient (Wildman–Crippen LogP) is 6.70. The molecular weight excluding hydrogens is 562 g/mol. The lowest BCUT2D eigenvalue weighted by Gasteiger charge is -2.46. The van der Waals surface area contributed by atoms with Gasteiger partial charge in [-0.1, -0.05) is 38.4 Å². The number of aromatic nitrogens is 2. The molecule has 2 aliphatic rings. The van der Waals surface area contributed by atoms with E-state index >= 15 is 8.78 Å². The molecule has 0 unspecified atom stereocenters. The number of hydrogen-bond donors (Lipinski definition) is 1. The van der Waals surface area contributed by atoms with Crippen LogP contribution in [0.15, 0.2) is 41.3 Å². The summed E-state index contributed by atoms with van der Waals surface area (Å²) in [7, 11) is 1.57. The second-order valence-electron chi connectivity index (χ2n) is 11.7. The molecule has 2 aliphatic heterocycles. The van der Waals surface area contributed by atoms with E-state index in [0.29, 0.717) is 41.0 Å². The van der Waals surface area contributed by atoms with E-state index in [2.05, 4.69) is 11.9 Å². The van der Waals surface area contributed by atoms with Crippen molar-refractivity contribution in [2.75, 3.05) is 23.4 Å². The highest BCUT2D eigenvalue weighted by Gasteiger charge is 2.43. The van der Waals surface area contributed by atoms with Crippen LogP contribution in [0.1, 0.15) is 50.8 Å². The molecule has 2 aromatic heterocycles. The standard InChI is InChI=1S/C32H31ClF2N4O3/c1-15(2)26-27(17(4)11-12-36-26)39-28-18(13-19(33)23(25(28)35)24-20(34)7-6-8-22(24)40)29-30(32(39)42)37(5)31(41)21-10-9-16(3)14-38(21)29/h6-8,11-13,15-16,21,40H,9-10,14H2,1-5H3/t16-,21+/m0/s1. The third kappa shape index (κ3) is 4.01. The molecule has 0 saturated carbocycles. The highest BCUT2D eigenvalue weighted by molar-refractivity contribution is 6.35. The lowest BCUT2D eigenvalue weighted by atomic mass is 9.89. The van der Waals surface area contributed by atoms with Crippen LogP contribution < -0.4 is 15.4 Å². The first kappa shape index (κ1) is 28.2. The molecule has 4 aromatic rings. The summed E-state index contributed by atoms with van der Waals surface area (Å²) in [6.45, 7) is 8.20. The minimum Gasteiger partial charge on any atom is -0.507 e. The van der Waals surface area contributed by atoms with Gasteiger partial charge in [-0.15, -0.1) is 0 Å². The number of aryl methyl sites for hydroxylation is 1. The normalized spacial score (nSPS) is 18.5. The van der Waals surface area contributed by atoms with Gasteiger partial charge in [0.05, 0.1) is 33.2 Å². The number of likely N-dealkylation sites (N-methyl/N-ethyl adjacent to an activating group) is 1. The monoisotopic (exact) mass is 592 g/mol. The topological polar surface area (TPSA) is 78.7 Å². The molecule has 7 nitrogen and oxygen atoms in total. The van der Waals surface area contributed by atoms with Crippen LogP contribution >= 0.6 is 11.6 Å². The lowest BCUT2D eigenvalue weighted by molar-refractivity contribution is -0.120. The van der Waals surface area contributed by atoms with Gasteiger partial charge in [-0.05, 0) is 61.4 Å². The van der Waals surface area contributed by atoms with Crippen molar-refractivity contribution in [1.29, 1.82) is 0 Å². The third-order valence-corrected chi connectivity index (χ3v) is 8.82. The summed E-state index contributed by atoms with van der Waals surface area (Å²) in [5.41, 5.74) is 0.645. The second kappa shape index (κ2) is 10.1. The minimum atomic E-state index is -0.961. The van der Waals surface area contributed by atoms with Gasteiger partial charge in [-0.25, -0.2) is 8.78 Å². The number of carbonyl (C=O) groups excluding carboxylic acids is 1. The number of fused-ring (bicyclic) bond motifs is 5. The molecule has 0 bridgehead atoms. The Labute approximate surface area is 247 Å². The number of aromatic hydroxyl groups is 1. The molecule has 1 saturated heterocycles. The Balaban J connectivity index is 1.86. The van der Waals surface area contributed by atoms with Crippen molar-refractivity contribution in [3.05, 3.63) is 74.8 Å². The number of nitrogens with zero attached hydrogens (tertiary/aromatic N) is 4. The number of phenolic OH excluding ortho intramolecular Hbond substituents is 1. The number of benzene rings is 2. The molecule has 1 fully saturated rings. The fourth-order valence-electron chi connectivity index (χ4n) is 6.51. The van der Waals surface area contributed by atoms with Gasteiger partial charge in [0.1, 0.15) is 23.3 Å². The molecule has 1 amide bonds. The van der Waals surface area contributed by atoms with Gasteiger partial charge < -0.3 is 14.9 Å². The lowest BCUT2D eigenvalue weighted by Crippen LogP contribution is -2.57. The maximum atomic E-state index is 17.2. The summed E-state index contributed by atoms with van der Waals surface area (Å²) in [6, 6.07) is 6.40. The van der Waals surface area contributed by atoms with Gasteiger partial charge >= 0.3 is 0 Å². The van der Waals surface area contributed by atoms with Gasteiger partial charge in [0, 0.05) is 30.7 Å². The summed E-state index contributed by atoms with van der Waals surface area (Å²) in [4.78, 5) is 36.1. The SMILES string of the molecule is Cc1ccnc(C(C)C)c1-n1c(=O)c2c(c3cc(Cl)c(-c4c(O)cccc4F)c(F)c31)N1C[C@@H](C)CC[C@@H]1C(=O)N2C. The van der Waals surface area contributed by atoms with Crippen molar-refractivity contribution in [2.45, 2.75) is 52.5 Å². The fourth-order valence-corrected chi connectivity index (χ4v) is 6.80. The van der Waals surface area contributed by atoms with E-state index in [1.807, 2.05) is 18.7 Å². The van der Waals surface area contributed by atoms with E-state index < -0.39 is 34.5 Å². The Morgan fingerprint density at radius 1 is 1.07 bits per heavy atom. The van der Waals surface area contributed by atoms with Crippen molar-refractivity contribution < 1.29 is 18.7 Å². The van der Waals surface area contributed by atoms with E-state index in [1.54, 1.807) is 26.2 Å². The van der Waals surface area contributed by atoms with Gasteiger partial charge in [-0.2, -0.15) is 0 Å². The number of amides is 1. The van der Waals surface area contributed by atoms with Gasteiger partial charge in [0.2, 0.25) is 5.91 Å². The Morgan fingerprint density at radius 3 is 2.50 bits per heavy atom. The van der Waals surface area contributed by atoms with E-state index in [-0.39, 0.29) is 39.5 Å². The number of anilines is 2. The number of halogens is 3. The number of carbonyl (C=O) groups is 1. The molecule has 4 heterocycles. The highest BCUT2D eigenvalue weighted by atomic mass is 35.5. The number of rotatable bonds is 3. The largest absolute Gasteiger partial charge is 0.507 e. The third-order valence-electron chi connectivity index (χ3n) is 8.52. The molecule has 42 heavy (non-hydrogen) atoms. The van der Waals surface area contributed by atoms with E-state index in [1.165, 1.54) is 27.7 Å². The van der Waals surface area contributed by atoms with Crippen LogP contribution in [0.3, 0.4) is 0 Å². The second-order valence-corrected chi connectivity index (χ2v) is 12.1. The molecule has 218 valence electrons. The Kier molecular flexibility index (Phi) is 6.76. The summed E-state index contributed by atoms with van der Waals surface area (Å²) in [5, 5.41) is 10.8. The minimum absolute atomic E-state index is 0.118. The Hall–Kier alpha value is -3.98. The average Bonchev–Trinajstić information content (AvgIpc) is 2.93. The summed E-state index contributed by atoms with van der Waals surface area (Å²) in [5.74, 6) is -2.43. The van der Waals surface area contributed by atoms with Crippen molar-refractivity contribution in [2.24, 2.45) is 5.92 Å². The van der Waals surface area contributed by atoms with Crippen molar-refractivity contribution in [1.82, 2.24) is 9.55 Å². The maximum absolute atomic E-state index is 17.2. The van der Waals surface area contributed by atoms with Crippen LogP contribution in [-0.4, -0.2) is 40.2 Å². The van der Waals surface area contributed by atoms with Crippen molar-refractivity contribution >= 4 is 39.8 Å². The maximum Gasteiger partial charge on any atom is 0.281 e. The molecule has 2 aromatic carbocycles. The zero-order valence-corrected chi connectivity index (χ0v) is 24.8. The first-order valence-electron chi connectivity index (χ1n) is 14.0.